The van der Waals surface area contributed by atoms with Gasteiger partial charge in [0.1, 0.15) is 5.82 Å². The summed E-state index contributed by atoms with van der Waals surface area (Å²) in [5.74, 6) is -0.743. The van der Waals surface area contributed by atoms with Crippen molar-refractivity contribution in [1.29, 1.82) is 0 Å². The fraction of sp³-hybridized carbons (Fsp3) is 0.300. The van der Waals surface area contributed by atoms with Crippen molar-refractivity contribution in [2.24, 2.45) is 0 Å². The Morgan fingerprint density at radius 3 is 2.15 bits per heavy atom. The molecule has 0 aliphatic carbocycles. The van der Waals surface area contributed by atoms with E-state index in [1.165, 1.54) is 12.1 Å². The van der Waals surface area contributed by atoms with E-state index < -0.39 is 0 Å². The fourth-order valence-corrected chi connectivity index (χ4v) is 2.77. The van der Waals surface area contributed by atoms with Gasteiger partial charge < -0.3 is 15.4 Å². The quantitative estimate of drug-likeness (QED) is 0.836. The van der Waals surface area contributed by atoms with Crippen LogP contribution < -0.4 is 10.6 Å². The van der Waals surface area contributed by atoms with Crippen molar-refractivity contribution < 1.29 is 18.7 Å². The zero-order valence-corrected chi connectivity index (χ0v) is 14.3. The molecule has 1 atom stereocenters. The van der Waals surface area contributed by atoms with E-state index in [2.05, 4.69) is 10.6 Å². The smallest absolute Gasteiger partial charge is 0.251 e. The van der Waals surface area contributed by atoms with Gasteiger partial charge in [0.25, 0.3) is 11.8 Å². The molecule has 0 bridgehead atoms. The molecule has 0 radical (unpaired) electrons. The van der Waals surface area contributed by atoms with Crippen molar-refractivity contribution in [2.45, 2.75) is 25.5 Å². The lowest BCUT2D eigenvalue weighted by molar-refractivity contribution is 0.0857. The lowest BCUT2D eigenvalue weighted by Gasteiger charge is -2.11. The number of carbonyl (C=O) groups excluding carboxylic acids is 2. The highest BCUT2D eigenvalue weighted by Crippen LogP contribution is 2.11. The Morgan fingerprint density at radius 2 is 1.58 bits per heavy atom. The monoisotopic (exact) mass is 356 g/mol. The first-order valence-corrected chi connectivity index (χ1v) is 8.64. The number of rotatable bonds is 6. The lowest BCUT2D eigenvalue weighted by Crippen LogP contribution is -2.31. The summed E-state index contributed by atoms with van der Waals surface area (Å²) < 4.78 is 18.3. The molecule has 2 aromatic rings. The van der Waals surface area contributed by atoms with Crippen LogP contribution >= 0.6 is 0 Å². The number of ether oxygens (including phenoxy) is 1. The number of benzene rings is 2. The third kappa shape index (κ3) is 4.89. The van der Waals surface area contributed by atoms with Gasteiger partial charge in [-0.1, -0.05) is 12.1 Å². The lowest BCUT2D eigenvalue weighted by atomic mass is 10.1. The van der Waals surface area contributed by atoms with Gasteiger partial charge in [-0.25, -0.2) is 4.39 Å². The van der Waals surface area contributed by atoms with Gasteiger partial charge in [0.2, 0.25) is 0 Å². The molecule has 136 valence electrons. The maximum Gasteiger partial charge on any atom is 0.251 e. The molecule has 0 aromatic heterocycles. The maximum absolute atomic E-state index is 12.9. The van der Waals surface area contributed by atoms with Gasteiger partial charge in [-0.2, -0.15) is 0 Å². The minimum Gasteiger partial charge on any atom is -0.376 e. The Kier molecular flexibility index (Phi) is 5.96. The summed E-state index contributed by atoms with van der Waals surface area (Å²) in [5.41, 5.74) is 1.77. The van der Waals surface area contributed by atoms with E-state index in [0.29, 0.717) is 24.2 Å². The average Bonchev–Trinajstić information content (AvgIpc) is 3.19. The summed E-state index contributed by atoms with van der Waals surface area (Å²) in [6.07, 6.45) is 2.09. The Bertz CT molecular complexity index is 754. The normalized spacial score (nSPS) is 16.3. The van der Waals surface area contributed by atoms with Crippen molar-refractivity contribution in [1.82, 2.24) is 10.6 Å². The Balaban J connectivity index is 1.50. The van der Waals surface area contributed by atoms with Crippen LogP contribution in [0.3, 0.4) is 0 Å². The maximum atomic E-state index is 12.9. The summed E-state index contributed by atoms with van der Waals surface area (Å²) in [5, 5.41) is 5.61. The van der Waals surface area contributed by atoms with Gasteiger partial charge in [-0.05, 0) is 54.8 Å². The van der Waals surface area contributed by atoms with Crippen LogP contribution in [0.4, 0.5) is 4.39 Å². The molecule has 3 rings (SSSR count). The number of hydrogen-bond donors (Lipinski definition) is 2. The molecule has 2 aromatic carbocycles. The average molecular weight is 356 g/mol. The first-order valence-electron chi connectivity index (χ1n) is 8.64. The molecular formula is C20H21FN2O3. The number of nitrogens with one attached hydrogen (secondary N) is 2. The van der Waals surface area contributed by atoms with Gasteiger partial charge in [0, 0.05) is 30.8 Å². The molecule has 1 unspecified atom stereocenters. The van der Waals surface area contributed by atoms with Crippen LogP contribution in [0.2, 0.25) is 0 Å². The van der Waals surface area contributed by atoms with Crippen LogP contribution in [-0.2, 0) is 11.3 Å². The standard InChI is InChI=1S/C20H21FN2O3/c21-17-9-3-14(4-10-17)12-22-19(24)15-5-7-16(8-6-15)20(25)23-13-18-2-1-11-26-18/h3-10,18H,1-2,11-13H2,(H,22,24)(H,23,25). The van der Waals surface area contributed by atoms with Crippen LogP contribution in [-0.4, -0.2) is 31.1 Å². The number of halogens is 1. The second-order valence-electron chi connectivity index (χ2n) is 6.23. The predicted octanol–water partition coefficient (Wildman–Crippen LogP) is 2.66. The molecule has 2 N–H and O–H groups in total. The number of carbonyl (C=O) groups is 2. The molecule has 2 amide bonds. The van der Waals surface area contributed by atoms with Crippen LogP contribution in [0.5, 0.6) is 0 Å². The van der Waals surface area contributed by atoms with Gasteiger partial charge in [0.05, 0.1) is 6.10 Å². The number of amides is 2. The van der Waals surface area contributed by atoms with Gasteiger partial charge in [-0.3, -0.25) is 9.59 Å². The molecule has 6 heteroatoms. The summed E-state index contributed by atoms with van der Waals surface area (Å²) >= 11 is 0. The van der Waals surface area contributed by atoms with E-state index in [4.69, 9.17) is 4.74 Å². The van der Waals surface area contributed by atoms with Crippen molar-refractivity contribution >= 4 is 11.8 Å². The molecule has 1 aliphatic rings. The first kappa shape index (κ1) is 18.1. The molecule has 0 saturated carbocycles. The third-order valence-electron chi connectivity index (χ3n) is 4.29. The SMILES string of the molecule is O=C(NCc1ccc(F)cc1)c1ccc(C(=O)NCC2CCCO2)cc1. The highest BCUT2D eigenvalue weighted by Gasteiger charge is 2.16. The van der Waals surface area contributed by atoms with Crippen molar-refractivity contribution in [3.05, 3.63) is 71.0 Å². The molecule has 26 heavy (non-hydrogen) atoms. The molecular weight excluding hydrogens is 335 g/mol. The summed E-state index contributed by atoms with van der Waals surface area (Å²) in [4.78, 5) is 24.3. The summed E-state index contributed by atoms with van der Waals surface area (Å²) in [7, 11) is 0. The molecule has 1 saturated heterocycles. The molecule has 1 aliphatic heterocycles. The zero-order valence-electron chi connectivity index (χ0n) is 14.3. The number of hydrogen-bond acceptors (Lipinski definition) is 3. The molecule has 1 heterocycles. The van der Waals surface area contributed by atoms with E-state index in [9.17, 15) is 14.0 Å². The van der Waals surface area contributed by atoms with E-state index in [1.807, 2.05) is 0 Å². The highest BCUT2D eigenvalue weighted by atomic mass is 19.1. The Hall–Kier alpha value is -2.73. The summed E-state index contributed by atoms with van der Waals surface area (Å²) in [6, 6.07) is 12.4. The van der Waals surface area contributed by atoms with Crippen molar-refractivity contribution in [2.75, 3.05) is 13.2 Å². The topological polar surface area (TPSA) is 67.4 Å². The Labute approximate surface area is 151 Å². The van der Waals surface area contributed by atoms with Crippen LogP contribution in [0.15, 0.2) is 48.5 Å². The van der Waals surface area contributed by atoms with E-state index >= 15 is 0 Å². The molecule has 5 nitrogen and oxygen atoms in total. The minimum atomic E-state index is -0.312. The van der Waals surface area contributed by atoms with Crippen LogP contribution in [0, 0.1) is 5.82 Å². The second-order valence-corrected chi connectivity index (χ2v) is 6.23. The highest BCUT2D eigenvalue weighted by molar-refractivity contribution is 5.97. The Morgan fingerprint density at radius 1 is 0.962 bits per heavy atom. The van der Waals surface area contributed by atoms with Gasteiger partial charge >= 0.3 is 0 Å². The molecule has 0 spiro atoms. The minimum absolute atomic E-state index is 0.0930. The third-order valence-corrected chi connectivity index (χ3v) is 4.29. The van der Waals surface area contributed by atoms with E-state index in [-0.39, 0.29) is 23.7 Å². The van der Waals surface area contributed by atoms with E-state index in [0.717, 1.165) is 25.0 Å². The fourth-order valence-electron chi connectivity index (χ4n) is 2.77. The van der Waals surface area contributed by atoms with Crippen molar-refractivity contribution in [3.63, 3.8) is 0 Å². The predicted molar refractivity (Wildman–Crippen MR) is 95.3 cm³/mol. The summed E-state index contributed by atoms with van der Waals surface area (Å²) in [6.45, 7) is 1.56. The van der Waals surface area contributed by atoms with Gasteiger partial charge in [-0.15, -0.1) is 0 Å². The van der Waals surface area contributed by atoms with Crippen molar-refractivity contribution in [3.8, 4) is 0 Å². The molecule has 1 fully saturated rings. The second kappa shape index (κ2) is 8.58. The van der Waals surface area contributed by atoms with Crippen LogP contribution in [0.25, 0.3) is 0 Å². The van der Waals surface area contributed by atoms with E-state index in [1.54, 1.807) is 36.4 Å². The zero-order chi connectivity index (χ0) is 18.4. The van der Waals surface area contributed by atoms with Gasteiger partial charge in [0.15, 0.2) is 0 Å². The van der Waals surface area contributed by atoms with Crippen LogP contribution in [0.1, 0.15) is 39.1 Å². The first-order chi connectivity index (χ1) is 12.6. The largest absolute Gasteiger partial charge is 0.376 e.